The Kier molecular flexibility index (Phi) is 7.91. The molecule has 144 valence electrons. The van der Waals surface area contributed by atoms with Crippen molar-refractivity contribution in [2.24, 2.45) is 0 Å². The Morgan fingerprint density at radius 2 is 1.89 bits per heavy atom. The van der Waals surface area contributed by atoms with E-state index < -0.39 is 17.9 Å². The number of aliphatic carboxylic acids is 1. The van der Waals surface area contributed by atoms with Crippen LogP contribution in [-0.4, -0.2) is 43.9 Å². The highest BCUT2D eigenvalue weighted by molar-refractivity contribution is 6.32. The van der Waals surface area contributed by atoms with Crippen LogP contribution in [0.1, 0.15) is 11.6 Å². The summed E-state index contributed by atoms with van der Waals surface area (Å²) >= 11 is 6.01. The number of methoxy groups -OCH3 is 1. The number of benzene rings is 2. The third-order valence-corrected chi connectivity index (χ3v) is 3.83. The van der Waals surface area contributed by atoms with Crippen LogP contribution in [0.5, 0.6) is 11.5 Å². The normalized spacial score (nSPS) is 11.5. The van der Waals surface area contributed by atoms with Gasteiger partial charge in [0, 0.05) is 0 Å². The van der Waals surface area contributed by atoms with Gasteiger partial charge in [-0.1, -0.05) is 35.9 Å². The number of carbonyl (C=O) groups is 2. The van der Waals surface area contributed by atoms with Crippen LogP contribution in [0, 0.1) is 0 Å². The molecule has 1 amide bonds. The number of para-hydroxylation sites is 1. The van der Waals surface area contributed by atoms with E-state index in [0.717, 1.165) is 0 Å². The van der Waals surface area contributed by atoms with Gasteiger partial charge in [0.25, 0.3) is 0 Å². The van der Waals surface area contributed by atoms with Gasteiger partial charge in [-0.2, -0.15) is 0 Å². The molecule has 2 N–H and O–H groups in total. The number of ether oxygens (including phenoxy) is 3. The van der Waals surface area contributed by atoms with Crippen molar-refractivity contribution in [3.05, 3.63) is 59.1 Å². The van der Waals surface area contributed by atoms with Crippen molar-refractivity contribution in [3.8, 4) is 11.5 Å². The smallest absolute Gasteiger partial charge is 0.330 e. The first kappa shape index (κ1) is 20.5. The lowest BCUT2D eigenvalue weighted by Gasteiger charge is -2.16. The van der Waals surface area contributed by atoms with E-state index in [1.807, 2.05) is 30.3 Å². The van der Waals surface area contributed by atoms with Gasteiger partial charge in [0.2, 0.25) is 5.91 Å². The first-order chi connectivity index (χ1) is 13.0. The second-order valence-electron chi connectivity index (χ2n) is 5.45. The molecule has 0 aliphatic rings. The van der Waals surface area contributed by atoms with Crippen LogP contribution in [0.3, 0.4) is 0 Å². The van der Waals surface area contributed by atoms with Crippen molar-refractivity contribution in [2.45, 2.75) is 6.04 Å². The molecule has 0 bridgehead atoms. The maximum Gasteiger partial charge on any atom is 0.330 e. The zero-order valence-corrected chi connectivity index (χ0v) is 15.4. The maximum atomic E-state index is 12.0. The molecule has 2 rings (SSSR count). The van der Waals surface area contributed by atoms with Crippen molar-refractivity contribution >= 4 is 23.5 Å². The van der Waals surface area contributed by atoms with Gasteiger partial charge in [-0.25, -0.2) is 4.79 Å². The summed E-state index contributed by atoms with van der Waals surface area (Å²) in [6.45, 7) is 0.175. The van der Waals surface area contributed by atoms with E-state index in [9.17, 15) is 14.7 Å². The highest BCUT2D eigenvalue weighted by atomic mass is 35.5. The van der Waals surface area contributed by atoms with E-state index in [1.54, 1.807) is 0 Å². The average molecular weight is 394 g/mol. The summed E-state index contributed by atoms with van der Waals surface area (Å²) in [6, 6.07) is 12.5. The Bertz CT molecular complexity index is 768. The van der Waals surface area contributed by atoms with Crippen molar-refractivity contribution in [1.29, 1.82) is 0 Å². The second-order valence-corrected chi connectivity index (χ2v) is 5.85. The van der Waals surface area contributed by atoms with E-state index in [1.165, 1.54) is 25.3 Å². The van der Waals surface area contributed by atoms with Gasteiger partial charge < -0.3 is 24.6 Å². The number of hydrogen-bond acceptors (Lipinski definition) is 5. The summed E-state index contributed by atoms with van der Waals surface area (Å²) in [4.78, 5) is 23.5. The molecule has 8 heteroatoms. The summed E-state index contributed by atoms with van der Waals surface area (Å²) in [5.41, 5.74) is 0.328. The third kappa shape index (κ3) is 6.47. The quantitative estimate of drug-likeness (QED) is 0.603. The zero-order chi connectivity index (χ0) is 19.6. The van der Waals surface area contributed by atoms with E-state index in [2.05, 4.69) is 5.32 Å². The predicted octanol–water partition coefficient (Wildman–Crippen LogP) is 2.69. The van der Waals surface area contributed by atoms with Gasteiger partial charge in [-0.05, 0) is 29.8 Å². The van der Waals surface area contributed by atoms with E-state index in [4.69, 9.17) is 25.8 Å². The minimum atomic E-state index is -1.25. The number of carboxylic acid groups (broad SMARTS) is 1. The molecule has 1 unspecified atom stereocenters. The fourth-order valence-corrected chi connectivity index (χ4v) is 2.52. The SMILES string of the molecule is COc1ccc(C(NC(=O)COCCOc2ccccc2)C(=O)O)cc1Cl. The lowest BCUT2D eigenvalue weighted by Crippen LogP contribution is -2.36. The summed E-state index contributed by atoms with van der Waals surface area (Å²) in [6.07, 6.45) is 0. The maximum absolute atomic E-state index is 12.0. The van der Waals surface area contributed by atoms with Crippen LogP contribution < -0.4 is 14.8 Å². The number of carboxylic acids is 1. The molecule has 0 aromatic heterocycles. The van der Waals surface area contributed by atoms with Crippen LogP contribution in [-0.2, 0) is 14.3 Å². The number of halogens is 1. The number of carbonyl (C=O) groups excluding carboxylic acids is 1. The van der Waals surface area contributed by atoms with Crippen LogP contribution in [0.25, 0.3) is 0 Å². The zero-order valence-electron chi connectivity index (χ0n) is 14.7. The Morgan fingerprint density at radius 1 is 1.15 bits per heavy atom. The number of amides is 1. The average Bonchev–Trinajstić information content (AvgIpc) is 2.66. The lowest BCUT2D eigenvalue weighted by molar-refractivity contribution is -0.142. The Labute approximate surface area is 161 Å². The molecule has 27 heavy (non-hydrogen) atoms. The van der Waals surface area contributed by atoms with Gasteiger partial charge in [0.15, 0.2) is 6.04 Å². The van der Waals surface area contributed by atoms with Gasteiger partial charge in [-0.3, -0.25) is 4.79 Å². The topological polar surface area (TPSA) is 94.1 Å². The first-order valence-corrected chi connectivity index (χ1v) is 8.50. The summed E-state index contributed by atoms with van der Waals surface area (Å²) in [5.74, 6) is -0.656. The van der Waals surface area contributed by atoms with Crippen molar-refractivity contribution in [3.63, 3.8) is 0 Å². The van der Waals surface area contributed by atoms with Gasteiger partial charge >= 0.3 is 5.97 Å². The summed E-state index contributed by atoms with van der Waals surface area (Å²) in [7, 11) is 1.45. The third-order valence-electron chi connectivity index (χ3n) is 3.53. The molecule has 0 saturated carbocycles. The minimum absolute atomic E-state index is 0.189. The monoisotopic (exact) mass is 393 g/mol. The molecule has 0 spiro atoms. The van der Waals surface area contributed by atoms with Crippen molar-refractivity contribution < 1.29 is 28.9 Å². The molecule has 7 nitrogen and oxygen atoms in total. The molecule has 0 aliphatic heterocycles. The molecule has 0 aliphatic carbocycles. The Hall–Kier alpha value is -2.77. The predicted molar refractivity (Wildman–Crippen MR) is 99.3 cm³/mol. The molecule has 1 atom stereocenters. The first-order valence-electron chi connectivity index (χ1n) is 8.12. The van der Waals surface area contributed by atoms with Crippen LogP contribution in [0.2, 0.25) is 5.02 Å². The fraction of sp³-hybridized carbons (Fsp3) is 0.263. The highest BCUT2D eigenvalue weighted by Gasteiger charge is 2.23. The number of nitrogens with one attached hydrogen (secondary N) is 1. The van der Waals surface area contributed by atoms with Gasteiger partial charge in [0.05, 0.1) is 18.7 Å². The molecular weight excluding hydrogens is 374 g/mol. The van der Waals surface area contributed by atoms with Gasteiger partial charge in [0.1, 0.15) is 24.7 Å². The molecule has 0 heterocycles. The van der Waals surface area contributed by atoms with E-state index in [0.29, 0.717) is 17.1 Å². The van der Waals surface area contributed by atoms with E-state index >= 15 is 0 Å². The second kappa shape index (κ2) is 10.4. The summed E-state index contributed by atoms with van der Waals surface area (Å²) in [5, 5.41) is 12.0. The molecule has 0 fully saturated rings. The molecule has 2 aromatic carbocycles. The fourth-order valence-electron chi connectivity index (χ4n) is 2.25. The Balaban J connectivity index is 1.81. The number of rotatable bonds is 10. The largest absolute Gasteiger partial charge is 0.495 e. The van der Waals surface area contributed by atoms with Crippen molar-refractivity contribution in [1.82, 2.24) is 5.32 Å². The van der Waals surface area contributed by atoms with Gasteiger partial charge in [-0.15, -0.1) is 0 Å². The highest BCUT2D eigenvalue weighted by Crippen LogP contribution is 2.27. The van der Waals surface area contributed by atoms with Crippen molar-refractivity contribution in [2.75, 3.05) is 26.9 Å². The standard InChI is InChI=1S/C19H20ClNO6/c1-25-16-8-7-13(11-15(16)20)18(19(23)24)21-17(22)12-26-9-10-27-14-5-3-2-4-6-14/h2-8,11,18H,9-10,12H2,1H3,(H,21,22)(H,23,24). The molecular formula is C19H20ClNO6. The molecule has 2 aromatic rings. The lowest BCUT2D eigenvalue weighted by atomic mass is 10.1. The van der Waals surface area contributed by atoms with Crippen LogP contribution >= 0.6 is 11.6 Å². The van der Waals surface area contributed by atoms with Crippen LogP contribution in [0.4, 0.5) is 0 Å². The van der Waals surface area contributed by atoms with Crippen LogP contribution in [0.15, 0.2) is 48.5 Å². The number of hydrogen-bond donors (Lipinski definition) is 2. The molecule has 0 saturated heterocycles. The minimum Gasteiger partial charge on any atom is -0.495 e. The Morgan fingerprint density at radius 3 is 2.52 bits per heavy atom. The summed E-state index contributed by atoms with van der Waals surface area (Å²) < 4.78 is 15.7. The van der Waals surface area contributed by atoms with E-state index in [-0.39, 0.29) is 24.8 Å². The molecule has 0 radical (unpaired) electrons.